The van der Waals surface area contributed by atoms with Gasteiger partial charge in [-0.05, 0) is 24.5 Å². The molecule has 2 rings (SSSR count). The van der Waals surface area contributed by atoms with Gasteiger partial charge in [0.15, 0.2) is 0 Å². The Morgan fingerprint density at radius 1 is 1.25 bits per heavy atom. The van der Waals surface area contributed by atoms with Gasteiger partial charge in [0.25, 0.3) is 10.0 Å². The van der Waals surface area contributed by atoms with E-state index in [1.807, 2.05) is 0 Å². The van der Waals surface area contributed by atoms with Crippen LogP contribution in [-0.2, 0) is 15.8 Å². The molecule has 5 N–H and O–H groups in total. The molecule has 0 unspecified atom stereocenters. The van der Waals surface area contributed by atoms with Crippen LogP contribution in [0.5, 0.6) is 5.75 Å². The summed E-state index contributed by atoms with van der Waals surface area (Å²) >= 11 is 0. The molecule has 0 aliphatic carbocycles. The number of benzene rings is 1. The lowest BCUT2D eigenvalue weighted by atomic mass is 10.1. The summed E-state index contributed by atoms with van der Waals surface area (Å²) in [5.74, 6) is 0.371. The van der Waals surface area contributed by atoms with Crippen molar-refractivity contribution in [1.82, 2.24) is 5.32 Å². The van der Waals surface area contributed by atoms with E-state index < -0.39 is 16.1 Å². The topological polar surface area (TPSA) is 137 Å². The van der Waals surface area contributed by atoms with E-state index in [1.54, 1.807) is 18.2 Å². The third kappa shape index (κ3) is 5.12. The van der Waals surface area contributed by atoms with Crippen LogP contribution in [-0.4, -0.2) is 33.4 Å². The Morgan fingerprint density at radius 3 is 2.75 bits per heavy atom. The number of amidine groups is 1. The van der Waals surface area contributed by atoms with Gasteiger partial charge in [-0.1, -0.05) is 25.0 Å². The number of carbonyl (C=O) groups is 1. The third-order valence-corrected chi connectivity index (χ3v) is 4.72. The molecule has 0 fully saturated rings. The molecule has 0 aromatic heterocycles. The molecule has 9 heteroatoms. The van der Waals surface area contributed by atoms with Gasteiger partial charge in [-0.3, -0.25) is 0 Å². The van der Waals surface area contributed by atoms with Crippen molar-refractivity contribution < 1.29 is 17.9 Å². The highest BCUT2D eigenvalue weighted by Gasteiger charge is 2.24. The third-order valence-electron chi connectivity index (χ3n) is 3.57. The van der Waals surface area contributed by atoms with Crippen LogP contribution < -0.4 is 21.5 Å². The van der Waals surface area contributed by atoms with Gasteiger partial charge in [0.1, 0.15) is 11.6 Å². The first-order chi connectivity index (χ1) is 11.4. The molecule has 0 radical (unpaired) electrons. The number of nitrogens with zero attached hydrogens (tertiary/aromatic N) is 1. The number of fused-ring (bicyclic) bond motifs is 1. The van der Waals surface area contributed by atoms with Gasteiger partial charge in [-0.25, -0.2) is 13.2 Å². The number of urea groups is 1. The van der Waals surface area contributed by atoms with Crippen LogP contribution in [0.25, 0.3) is 0 Å². The van der Waals surface area contributed by atoms with Crippen molar-refractivity contribution >= 4 is 21.9 Å². The number of nitrogens with one attached hydrogen (secondary N) is 1. The predicted molar refractivity (Wildman–Crippen MR) is 91.3 cm³/mol. The largest absolute Gasteiger partial charge is 0.493 e. The summed E-state index contributed by atoms with van der Waals surface area (Å²) in [4.78, 5) is 10.5. The summed E-state index contributed by atoms with van der Waals surface area (Å²) < 4.78 is 32.5. The maximum atomic E-state index is 11.6. The van der Waals surface area contributed by atoms with E-state index in [4.69, 9.17) is 16.2 Å². The summed E-state index contributed by atoms with van der Waals surface area (Å²) in [7, 11) is -3.54. The Balaban J connectivity index is 1.82. The Hall–Kier alpha value is -2.29. The molecule has 8 nitrogen and oxygen atoms in total. The summed E-state index contributed by atoms with van der Waals surface area (Å²) in [5, 5.41) is 2.54. The summed E-state index contributed by atoms with van der Waals surface area (Å²) in [5.41, 5.74) is 11.9. The first-order valence-corrected chi connectivity index (χ1v) is 9.36. The van der Waals surface area contributed by atoms with Crippen molar-refractivity contribution in [2.24, 2.45) is 15.9 Å². The van der Waals surface area contributed by atoms with Gasteiger partial charge in [0.2, 0.25) is 0 Å². The number of hydrogen-bond donors (Lipinski definition) is 3. The van der Waals surface area contributed by atoms with E-state index in [0.29, 0.717) is 30.0 Å². The monoisotopic (exact) mass is 354 g/mol. The van der Waals surface area contributed by atoms with Gasteiger partial charge in [-0.2, -0.15) is 0 Å². The van der Waals surface area contributed by atoms with Crippen LogP contribution in [0.3, 0.4) is 0 Å². The van der Waals surface area contributed by atoms with Crippen molar-refractivity contribution in [2.45, 2.75) is 31.4 Å². The molecule has 1 heterocycles. The minimum Gasteiger partial charge on any atom is -0.493 e. The second kappa shape index (κ2) is 8.00. The quantitative estimate of drug-likeness (QED) is 0.594. The number of amides is 2. The van der Waals surface area contributed by atoms with Crippen LogP contribution in [0, 0.1) is 0 Å². The molecule has 24 heavy (non-hydrogen) atoms. The lowest BCUT2D eigenvalue weighted by Gasteiger charge is -2.18. The molecule has 0 saturated carbocycles. The van der Waals surface area contributed by atoms with Gasteiger partial charge in [0, 0.05) is 6.54 Å². The average molecular weight is 354 g/mol. The smallest absolute Gasteiger partial charge is 0.312 e. The van der Waals surface area contributed by atoms with Crippen LogP contribution in [0.2, 0.25) is 0 Å². The van der Waals surface area contributed by atoms with Crippen molar-refractivity contribution in [2.75, 3.05) is 13.2 Å². The molecule has 0 atom stereocenters. The minimum atomic E-state index is -3.54. The first kappa shape index (κ1) is 18.1. The minimum absolute atomic E-state index is 0.0237. The van der Waals surface area contributed by atoms with Crippen molar-refractivity contribution in [3.8, 4) is 5.75 Å². The second-order valence-corrected chi connectivity index (χ2v) is 7.18. The van der Waals surface area contributed by atoms with Crippen LogP contribution in [0.1, 0.15) is 36.8 Å². The number of unbranched alkanes of at least 4 members (excludes halogenated alkanes) is 3. The molecule has 1 aliphatic rings. The molecule has 1 aromatic carbocycles. The summed E-state index contributed by atoms with van der Waals surface area (Å²) in [6, 6.07) is 4.72. The Labute approximate surface area is 141 Å². The molecule has 0 bridgehead atoms. The van der Waals surface area contributed by atoms with Crippen molar-refractivity contribution in [3.05, 3.63) is 29.3 Å². The molecule has 132 valence electrons. The summed E-state index contributed by atoms with van der Waals surface area (Å²) in [6.07, 6.45) is 3.61. The van der Waals surface area contributed by atoms with E-state index in [-0.39, 0.29) is 11.6 Å². The maximum Gasteiger partial charge on any atom is 0.312 e. The van der Waals surface area contributed by atoms with Crippen LogP contribution >= 0.6 is 0 Å². The molecule has 1 aromatic rings. The molecule has 0 spiro atoms. The zero-order chi connectivity index (χ0) is 17.6. The molecular formula is C15H22N4O4S. The first-order valence-electron chi connectivity index (χ1n) is 7.75. The fraction of sp³-hybridized carbons (Fsp3) is 0.467. The lowest BCUT2D eigenvalue weighted by molar-refractivity contribution is 0.248. The fourth-order valence-electron chi connectivity index (χ4n) is 2.51. The Bertz CT molecular complexity index is 731. The zero-order valence-corrected chi connectivity index (χ0v) is 14.1. The molecule has 0 saturated heterocycles. The van der Waals surface area contributed by atoms with Gasteiger partial charge >= 0.3 is 6.03 Å². The fourth-order valence-corrected chi connectivity index (χ4v) is 3.60. The number of nitrogens with two attached hydrogens (primary N) is 2. The molecule has 1 aliphatic heterocycles. The number of hydrogen-bond acceptors (Lipinski definition) is 5. The van der Waals surface area contributed by atoms with Crippen LogP contribution in [0.4, 0.5) is 4.79 Å². The average Bonchev–Trinajstić information content (AvgIpc) is 2.48. The Morgan fingerprint density at radius 2 is 2.00 bits per heavy atom. The SMILES string of the molecule is NC(=O)NCCCCCCOc1cccc2c1C(N)=NS(=O)(=O)C2. The highest BCUT2D eigenvalue weighted by atomic mass is 32.2. The number of primary amides is 1. The normalized spacial score (nSPS) is 15.2. The van der Waals surface area contributed by atoms with E-state index in [9.17, 15) is 13.2 Å². The molecular weight excluding hydrogens is 332 g/mol. The van der Waals surface area contributed by atoms with Crippen LogP contribution in [0.15, 0.2) is 22.6 Å². The number of carbonyl (C=O) groups excluding carboxylic acids is 1. The number of rotatable bonds is 8. The molecule has 2 amide bonds. The standard InChI is InChI=1S/C15H22N4O4S/c16-14-13-11(10-24(21,22)19-14)6-5-7-12(13)23-9-4-2-1-3-8-18-15(17)20/h5-7H,1-4,8-10H2,(H2,16,19)(H3,17,18,20). The number of ether oxygens (including phenoxy) is 1. The van der Waals surface area contributed by atoms with E-state index >= 15 is 0 Å². The van der Waals surface area contributed by atoms with Crippen molar-refractivity contribution in [1.29, 1.82) is 0 Å². The highest BCUT2D eigenvalue weighted by molar-refractivity contribution is 7.89. The van der Waals surface area contributed by atoms with Gasteiger partial charge < -0.3 is 21.5 Å². The lowest BCUT2D eigenvalue weighted by Crippen LogP contribution is -2.29. The van der Waals surface area contributed by atoms with Gasteiger partial charge in [-0.15, -0.1) is 4.40 Å². The number of sulfonamides is 1. The van der Waals surface area contributed by atoms with E-state index in [2.05, 4.69) is 9.71 Å². The van der Waals surface area contributed by atoms with Crippen molar-refractivity contribution in [3.63, 3.8) is 0 Å². The second-order valence-electron chi connectivity index (χ2n) is 5.55. The zero-order valence-electron chi connectivity index (χ0n) is 13.3. The highest BCUT2D eigenvalue weighted by Crippen LogP contribution is 2.28. The Kier molecular flexibility index (Phi) is 6.02. The predicted octanol–water partition coefficient (Wildman–Crippen LogP) is 0.843. The summed E-state index contributed by atoms with van der Waals surface area (Å²) in [6.45, 7) is 1.07. The van der Waals surface area contributed by atoms with Gasteiger partial charge in [0.05, 0.1) is 17.9 Å². The maximum absolute atomic E-state index is 11.6. The van der Waals surface area contributed by atoms with E-state index in [0.717, 1.165) is 25.7 Å². The van der Waals surface area contributed by atoms with E-state index in [1.165, 1.54) is 0 Å².